The van der Waals surface area contributed by atoms with Crippen LogP contribution in [0.15, 0.2) is 36.4 Å². The Balaban J connectivity index is 2.15. The van der Waals surface area contributed by atoms with Gasteiger partial charge in [0, 0.05) is 5.56 Å². The van der Waals surface area contributed by atoms with Gasteiger partial charge in [-0.05, 0) is 41.8 Å². The summed E-state index contributed by atoms with van der Waals surface area (Å²) in [6.07, 6.45) is -7.15. The van der Waals surface area contributed by atoms with Crippen molar-refractivity contribution in [2.24, 2.45) is 0 Å². The second-order valence-corrected chi connectivity index (χ2v) is 8.52. The van der Waals surface area contributed by atoms with E-state index in [9.17, 15) is 35.9 Å². The van der Waals surface area contributed by atoms with Crippen LogP contribution in [0.2, 0.25) is 15.1 Å². The predicted molar refractivity (Wildman–Crippen MR) is 122 cm³/mol. The van der Waals surface area contributed by atoms with Gasteiger partial charge in [0.05, 0.1) is 27.5 Å². The Kier molecular flexibility index (Phi) is 9.49. The Morgan fingerprint density at radius 2 is 1.57 bits per heavy atom. The fourth-order valence-electron chi connectivity index (χ4n) is 2.93. The standard InChI is InChI=1S/C22H17Cl3F6N2O2/c1-11-6-12(2-4-14(11)20(35)32-9-18(34)33-10-21(26,27)28)3-5-15(22(29,30)31)13-7-16(23)19(25)17(24)8-13/h2-8,15H,9-10H2,1H3,(H,32,35)(H,33,34). The summed E-state index contributed by atoms with van der Waals surface area (Å²) in [5.41, 5.74) is 0.572. The number of benzene rings is 2. The third kappa shape index (κ3) is 8.63. The highest BCUT2D eigenvalue weighted by Crippen LogP contribution is 2.41. The Hall–Kier alpha value is -2.43. The fraction of sp³-hybridized carbons (Fsp3) is 0.273. The molecule has 0 saturated heterocycles. The molecule has 1 unspecified atom stereocenters. The molecule has 2 aromatic rings. The van der Waals surface area contributed by atoms with Gasteiger partial charge in [-0.1, -0.05) is 59.1 Å². The molecular formula is C22H17Cl3F6N2O2. The molecule has 0 bridgehead atoms. The summed E-state index contributed by atoms with van der Waals surface area (Å²) >= 11 is 17.5. The van der Waals surface area contributed by atoms with Crippen molar-refractivity contribution >= 4 is 52.7 Å². The minimum absolute atomic E-state index is 0.0655. The Morgan fingerprint density at radius 3 is 2.09 bits per heavy atom. The average Bonchev–Trinajstić information content (AvgIpc) is 2.73. The summed E-state index contributed by atoms with van der Waals surface area (Å²) in [5, 5.41) is 3.47. The van der Waals surface area contributed by atoms with Gasteiger partial charge >= 0.3 is 12.4 Å². The molecule has 0 saturated carbocycles. The fourth-order valence-corrected chi connectivity index (χ4v) is 3.55. The van der Waals surface area contributed by atoms with E-state index in [0.29, 0.717) is 11.1 Å². The van der Waals surface area contributed by atoms with Crippen LogP contribution < -0.4 is 10.6 Å². The first-order valence-corrected chi connectivity index (χ1v) is 10.8. The maximum atomic E-state index is 13.7. The first kappa shape index (κ1) is 28.8. The minimum Gasteiger partial charge on any atom is -0.345 e. The van der Waals surface area contributed by atoms with Gasteiger partial charge in [0.2, 0.25) is 5.91 Å². The lowest BCUT2D eigenvalue weighted by Crippen LogP contribution is -2.41. The van der Waals surface area contributed by atoms with Crippen LogP contribution in [0.3, 0.4) is 0 Å². The van der Waals surface area contributed by atoms with E-state index in [-0.39, 0.29) is 26.2 Å². The van der Waals surface area contributed by atoms with E-state index in [1.54, 1.807) is 5.32 Å². The van der Waals surface area contributed by atoms with Crippen LogP contribution in [0.1, 0.15) is 33.0 Å². The van der Waals surface area contributed by atoms with Gasteiger partial charge in [0.25, 0.3) is 5.91 Å². The Bertz CT molecular complexity index is 1110. The molecule has 0 heterocycles. The number of allylic oxidation sites excluding steroid dienone is 1. The molecule has 0 aliphatic heterocycles. The molecule has 2 N–H and O–H groups in total. The smallest absolute Gasteiger partial charge is 0.345 e. The molecule has 0 aliphatic rings. The number of carbonyl (C=O) groups is 2. The van der Waals surface area contributed by atoms with Crippen LogP contribution in [-0.2, 0) is 4.79 Å². The molecule has 2 amide bonds. The molecule has 190 valence electrons. The molecule has 13 heteroatoms. The topological polar surface area (TPSA) is 58.2 Å². The molecule has 0 fully saturated rings. The number of nitrogens with one attached hydrogen (secondary N) is 2. The van der Waals surface area contributed by atoms with Crippen LogP contribution in [0.4, 0.5) is 26.3 Å². The van der Waals surface area contributed by atoms with Crippen molar-refractivity contribution in [1.82, 2.24) is 10.6 Å². The molecular weight excluding hydrogens is 545 g/mol. The highest BCUT2D eigenvalue weighted by molar-refractivity contribution is 6.48. The SMILES string of the molecule is Cc1cc(C=CC(c2cc(Cl)c(Cl)c(Cl)c2)C(F)(F)F)ccc1C(=O)NCC(=O)NCC(F)(F)F. The molecule has 0 aromatic heterocycles. The number of alkyl halides is 6. The zero-order valence-corrected chi connectivity index (χ0v) is 20.0. The molecule has 0 aliphatic carbocycles. The average molecular weight is 562 g/mol. The lowest BCUT2D eigenvalue weighted by molar-refractivity contribution is -0.139. The summed E-state index contributed by atoms with van der Waals surface area (Å²) in [6.45, 7) is -0.708. The van der Waals surface area contributed by atoms with Crippen molar-refractivity contribution in [2.45, 2.75) is 25.2 Å². The monoisotopic (exact) mass is 560 g/mol. The molecule has 4 nitrogen and oxygen atoms in total. The van der Waals surface area contributed by atoms with Crippen molar-refractivity contribution in [3.05, 3.63) is 73.7 Å². The summed E-state index contributed by atoms with van der Waals surface area (Å²) in [6, 6.07) is 6.27. The van der Waals surface area contributed by atoms with E-state index in [1.165, 1.54) is 31.2 Å². The van der Waals surface area contributed by atoms with Gasteiger partial charge in [0.15, 0.2) is 0 Å². The summed E-state index contributed by atoms with van der Waals surface area (Å²) in [5.74, 6) is -3.82. The number of aryl methyl sites for hydroxylation is 1. The number of hydrogen-bond donors (Lipinski definition) is 2. The number of halogens is 9. The molecule has 35 heavy (non-hydrogen) atoms. The van der Waals surface area contributed by atoms with E-state index >= 15 is 0 Å². The lowest BCUT2D eigenvalue weighted by Gasteiger charge is -2.18. The Morgan fingerprint density at radius 1 is 0.971 bits per heavy atom. The third-order valence-electron chi connectivity index (χ3n) is 4.59. The zero-order valence-electron chi connectivity index (χ0n) is 17.8. The number of carbonyl (C=O) groups excluding carboxylic acids is 2. The number of hydrogen-bond acceptors (Lipinski definition) is 2. The van der Waals surface area contributed by atoms with Gasteiger partial charge in [0.1, 0.15) is 6.54 Å². The summed E-state index contributed by atoms with van der Waals surface area (Å²) in [7, 11) is 0. The minimum atomic E-state index is -4.67. The van der Waals surface area contributed by atoms with Crippen molar-refractivity contribution in [3.8, 4) is 0 Å². The first-order valence-electron chi connectivity index (χ1n) is 9.70. The third-order valence-corrected chi connectivity index (χ3v) is 5.79. The van der Waals surface area contributed by atoms with Crippen molar-refractivity contribution in [1.29, 1.82) is 0 Å². The van der Waals surface area contributed by atoms with Crippen LogP contribution in [0.25, 0.3) is 6.08 Å². The number of amides is 2. The molecule has 1 atom stereocenters. The van der Waals surface area contributed by atoms with Crippen molar-refractivity contribution in [2.75, 3.05) is 13.1 Å². The van der Waals surface area contributed by atoms with Gasteiger partial charge in [-0.2, -0.15) is 26.3 Å². The Labute approximate surface area is 211 Å². The van der Waals surface area contributed by atoms with E-state index in [0.717, 1.165) is 18.2 Å². The molecule has 2 rings (SSSR count). The maximum absolute atomic E-state index is 13.7. The molecule has 0 spiro atoms. The quantitative estimate of drug-likeness (QED) is 0.291. The van der Waals surface area contributed by atoms with Crippen molar-refractivity contribution in [3.63, 3.8) is 0 Å². The lowest BCUT2D eigenvalue weighted by atomic mass is 9.96. The highest BCUT2D eigenvalue weighted by atomic mass is 35.5. The van der Waals surface area contributed by atoms with Crippen LogP contribution in [0.5, 0.6) is 0 Å². The summed E-state index contributed by atoms with van der Waals surface area (Å²) < 4.78 is 77.3. The molecule has 2 aromatic carbocycles. The van der Waals surface area contributed by atoms with Crippen LogP contribution >= 0.6 is 34.8 Å². The van der Waals surface area contributed by atoms with Crippen molar-refractivity contribution < 1.29 is 35.9 Å². The predicted octanol–water partition coefficient (Wildman–Crippen LogP) is 6.72. The highest BCUT2D eigenvalue weighted by Gasteiger charge is 2.39. The largest absolute Gasteiger partial charge is 0.405 e. The van der Waals surface area contributed by atoms with Crippen LogP contribution in [-0.4, -0.2) is 37.3 Å². The van der Waals surface area contributed by atoms with E-state index in [2.05, 4.69) is 5.32 Å². The van der Waals surface area contributed by atoms with E-state index in [1.807, 2.05) is 0 Å². The first-order chi connectivity index (χ1) is 16.1. The maximum Gasteiger partial charge on any atom is 0.405 e. The van der Waals surface area contributed by atoms with Gasteiger partial charge in [-0.15, -0.1) is 0 Å². The summed E-state index contributed by atoms with van der Waals surface area (Å²) in [4.78, 5) is 23.7. The van der Waals surface area contributed by atoms with Crippen LogP contribution in [0, 0.1) is 6.92 Å². The second-order valence-electron chi connectivity index (χ2n) is 7.33. The second kappa shape index (κ2) is 11.5. The zero-order chi connectivity index (χ0) is 26.6. The normalized spacial score (nSPS) is 13.1. The van der Waals surface area contributed by atoms with Gasteiger partial charge < -0.3 is 10.6 Å². The van der Waals surface area contributed by atoms with Gasteiger partial charge in [-0.25, -0.2) is 0 Å². The van der Waals surface area contributed by atoms with Gasteiger partial charge in [-0.3, -0.25) is 9.59 Å². The molecule has 0 radical (unpaired) electrons. The van der Waals surface area contributed by atoms with E-state index in [4.69, 9.17) is 34.8 Å². The van der Waals surface area contributed by atoms with E-state index < -0.39 is 43.2 Å². The number of rotatable bonds is 7.